The van der Waals surface area contributed by atoms with E-state index in [4.69, 9.17) is 9.84 Å². The Balaban J connectivity index is 1.80. The smallest absolute Gasteiger partial charge is 0.167 e. The van der Waals surface area contributed by atoms with Gasteiger partial charge in [-0.1, -0.05) is 18.2 Å². The van der Waals surface area contributed by atoms with Gasteiger partial charge in [-0.2, -0.15) is 0 Å². The molecule has 0 amide bonds. The predicted octanol–water partition coefficient (Wildman–Crippen LogP) is 2.74. The van der Waals surface area contributed by atoms with Crippen molar-refractivity contribution in [2.24, 2.45) is 5.92 Å². The number of hydrogen-bond acceptors (Lipinski definition) is 4. The third-order valence-electron chi connectivity index (χ3n) is 4.62. The van der Waals surface area contributed by atoms with Gasteiger partial charge in [-0.25, -0.2) is 0 Å². The van der Waals surface area contributed by atoms with E-state index in [0.717, 1.165) is 48.0 Å². The van der Waals surface area contributed by atoms with Gasteiger partial charge in [-0.3, -0.25) is 4.79 Å². The highest BCUT2D eigenvalue weighted by molar-refractivity contribution is 6.01. The van der Waals surface area contributed by atoms with Crippen molar-refractivity contribution in [2.75, 3.05) is 33.4 Å². The van der Waals surface area contributed by atoms with Crippen LogP contribution >= 0.6 is 0 Å². The number of aliphatic hydroxyl groups excluding tert-OH is 1. The Morgan fingerprint density at radius 3 is 2.83 bits per heavy atom. The average Bonchev–Trinajstić information content (AvgIpc) is 2.60. The molecule has 1 fully saturated rings. The van der Waals surface area contributed by atoms with Crippen LogP contribution in [0.1, 0.15) is 23.2 Å². The molecule has 1 heterocycles. The molecule has 1 atom stereocenters. The van der Waals surface area contributed by atoms with Gasteiger partial charge in [-0.05, 0) is 48.4 Å². The molecule has 122 valence electrons. The zero-order valence-corrected chi connectivity index (χ0v) is 13.5. The molecule has 2 aromatic carbocycles. The Hall–Kier alpha value is -1.91. The largest absolute Gasteiger partial charge is 0.497 e. The summed E-state index contributed by atoms with van der Waals surface area (Å²) in [5.74, 6) is 1.07. The van der Waals surface area contributed by atoms with Crippen LogP contribution < -0.4 is 4.74 Å². The first-order chi connectivity index (χ1) is 11.2. The molecular formula is C19H23NO3. The SMILES string of the molecule is COc1ccc2cc(C(=O)[C@H]3CCCN(CCO)C3)ccc2c1. The molecule has 0 saturated carbocycles. The van der Waals surface area contributed by atoms with E-state index in [-0.39, 0.29) is 18.3 Å². The molecule has 0 aromatic heterocycles. The van der Waals surface area contributed by atoms with Gasteiger partial charge in [0.1, 0.15) is 5.75 Å². The molecule has 0 radical (unpaired) electrons. The van der Waals surface area contributed by atoms with Crippen molar-refractivity contribution >= 4 is 16.6 Å². The average molecular weight is 313 g/mol. The minimum Gasteiger partial charge on any atom is -0.497 e. The lowest BCUT2D eigenvalue weighted by atomic mass is 9.89. The van der Waals surface area contributed by atoms with E-state index in [1.165, 1.54) is 0 Å². The van der Waals surface area contributed by atoms with Crippen molar-refractivity contribution < 1.29 is 14.6 Å². The number of rotatable bonds is 5. The monoisotopic (exact) mass is 313 g/mol. The van der Waals surface area contributed by atoms with Crippen molar-refractivity contribution in [3.8, 4) is 5.75 Å². The molecule has 2 aromatic rings. The summed E-state index contributed by atoms with van der Waals surface area (Å²) in [4.78, 5) is 15.0. The van der Waals surface area contributed by atoms with Gasteiger partial charge in [0.2, 0.25) is 0 Å². The number of benzene rings is 2. The fraction of sp³-hybridized carbons (Fsp3) is 0.421. The van der Waals surface area contributed by atoms with Crippen molar-refractivity contribution in [1.29, 1.82) is 0 Å². The number of methoxy groups -OCH3 is 1. The second-order valence-corrected chi connectivity index (χ2v) is 6.16. The number of hydrogen-bond donors (Lipinski definition) is 1. The minimum absolute atomic E-state index is 0.0333. The maximum absolute atomic E-state index is 12.8. The van der Waals surface area contributed by atoms with Crippen LogP contribution in [0.5, 0.6) is 5.75 Å². The molecule has 0 spiro atoms. The van der Waals surface area contributed by atoms with Crippen LogP contribution in [0.4, 0.5) is 0 Å². The fourth-order valence-corrected chi connectivity index (χ4v) is 3.35. The summed E-state index contributed by atoms with van der Waals surface area (Å²) in [6.45, 7) is 2.53. The topological polar surface area (TPSA) is 49.8 Å². The number of ether oxygens (including phenoxy) is 1. The van der Waals surface area contributed by atoms with Crippen LogP contribution in [0.15, 0.2) is 36.4 Å². The van der Waals surface area contributed by atoms with Gasteiger partial charge < -0.3 is 14.7 Å². The third kappa shape index (κ3) is 3.54. The van der Waals surface area contributed by atoms with E-state index in [0.29, 0.717) is 6.54 Å². The van der Waals surface area contributed by atoms with Crippen LogP contribution in [0.3, 0.4) is 0 Å². The first kappa shape index (κ1) is 16.0. The number of Topliss-reactive ketones (excluding diaryl/α,β-unsaturated/α-hetero) is 1. The fourth-order valence-electron chi connectivity index (χ4n) is 3.35. The highest BCUT2D eigenvalue weighted by Crippen LogP contribution is 2.25. The second-order valence-electron chi connectivity index (χ2n) is 6.16. The lowest BCUT2D eigenvalue weighted by Gasteiger charge is -2.31. The number of piperidine rings is 1. The number of carbonyl (C=O) groups excluding carboxylic acids is 1. The first-order valence-electron chi connectivity index (χ1n) is 8.16. The van der Waals surface area contributed by atoms with E-state index < -0.39 is 0 Å². The van der Waals surface area contributed by atoms with Gasteiger partial charge in [0.25, 0.3) is 0 Å². The van der Waals surface area contributed by atoms with Crippen molar-refractivity contribution in [3.05, 3.63) is 42.0 Å². The van der Waals surface area contributed by atoms with E-state index >= 15 is 0 Å². The van der Waals surface area contributed by atoms with E-state index in [9.17, 15) is 4.79 Å². The van der Waals surface area contributed by atoms with E-state index in [1.54, 1.807) is 7.11 Å². The molecule has 3 rings (SSSR count). The quantitative estimate of drug-likeness (QED) is 0.862. The molecule has 0 bridgehead atoms. The van der Waals surface area contributed by atoms with Gasteiger partial charge in [0.15, 0.2) is 5.78 Å². The minimum atomic E-state index is 0.0333. The van der Waals surface area contributed by atoms with E-state index in [2.05, 4.69) is 4.90 Å². The molecule has 4 heteroatoms. The standard InChI is InChI=1S/C19H23NO3/c1-23-18-7-6-14-11-16(5-4-15(14)12-18)19(22)17-3-2-8-20(13-17)9-10-21/h4-7,11-12,17,21H,2-3,8-10,13H2,1H3/t17-/m0/s1. The molecule has 23 heavy (non-hydrogen) atoms. The molecular weight excluding hydrogens is 290 g/mol. The highest BCUT2D eigenvalue weighted by atomic mass is 16.5. The predicted molar refractivity (Wildman–Crippen MR) is 91.1 cm³/mol. The van der Waals surface area contributed by atoms with E-state index in [1.807, 2.05) is 36.4 Å². The van der Waals surface area contributed by atoms with Crippen molar-refractivity contribution in [3.63, 3.8) is 0 Å². The summed E-state index contributed by atoms with van der Waals surface area (Å²) in [5.41, 5.74) is 0.776. The summed E-state index contributed by atoms with van der Waals surface area (Å²) in [5, 5.41) is 11.2. The van der Waals surface area contributed by atoms with Crippen LogP contribution in [0, 0.1) is 5.92 Å². The maximum atomic E-state index is 12.8. The number of carbonyl (C=O) groups is 1. The zero-order valence-electron chi connectivity index (χ0n) is 13.5. The van der Waals surface area contributed by atoms with Gasteiger partial charge >= 0.3 is 0 Å². The van der Waals surface area contributed by atoms with Gasteiger partial charge in [0, 0.05) is 24.6 Å². The molecule has 1 aliphatic rings. The summed E-state index contributed by atoms with van der Waals surface area (Å²) < 4.78 is 5.24. The maximum Gasteiger partial charge on any atom is 0.167 e. The number of fused-ring (bicyclic) bond motifs is 1. The second kappa shape index (κ2) is 7.11. The lowest BCUT2D eigenvalue weighted by molar-refractivity contribution is 0.0794. The Kier molecular flexibility index (Phi) is 4.94. The Bertz CT molecular complexity index is 696. The summed E-state index contributed by atoms with van der Waals surface area (Å²) >= 11 is 0. The highest BCUT2D eigenvalue weighted by Gasteiger charge is 2.26. The van der Waals surface area contributed by atoms with Crippen molar-refractivity contribution in [2.45, 2.75) is 12.8 Å². The Morgan fingerprint density at radius 2 is 2.04 bits per heavy atom. The normalized spacial score (nSPS) is 19.0. The van der Waals surface area contributed by atoms with Crippen LogP contribution in [-0.2, 0) is 0 Å². The number of aliphatic hydroxyl groups is 1. The number of β-amino-alcohol motifs (C(OH)–C–C–N with tert-alkyl or cyclic N) is 1. The Labute approximate surface area is 136 Å². The number of ketones is 1. The van der Waals surface area contributed by atoms with Gasteiger partial charge in [-0.15, -0.1) is 0 Å². The number of nitrogens with zero attached hydrogens (tertiary/aromatic N) is 1. The molecule has 1 aliphatic heterocycles. The van der Waals surface area contributed by atoms with Crippen LogP contribution in [0.2, 0.25) is 0 Å². The lowest BCUT2D eigenvalue weighted by Crippen LogP contribution is -2.40. The summed E-state index contributed by atoms with van der Waals surface area (Å²) in [7, 11) is 1.65. The summed E-state index contributed by atoms with van der Waals surface area (Å²) in [6, 6.07) is 11.8. The first-order valence-corrected chi connectivity index (χ1v) is 8.16. The van der Waals surface area contributed by atoms with Crippen LogP contribution in [-0.4, -0.2) is 49.1 Å². The van der Waals surface area contributed by atoms with Crippen LogP contribution in [0.25, 0.3) is 10.8 Å². The molecule has 0 unspecified atom stereocenters. The van der Waals surface area contributed by atoms with Gasteiger partial charge in [0.05, 0.1) is 13.7 Å². The number of likely N-dealkylation sites (tertiary alicyclic amines) is 1. The van der Waals surface area contributed by atoms with Crippen molar-refractivity contribution in [1.82, 2.24) is 4.90 Å². The third-order valence-corrected chi connectivity index (χ3v) is 4.62. The summed E-state index contributed by atoms with van der Waals surface area (Å²) in [6.07, 6.45) is 1.95. The molecule has 0 aliphatic carbocycles. The molecule has 1 saturated heterocycles. The molecule has 4 nitrogen and oxygen atoms in total. The Morgan fingerprint density at radius 1 is 1.26 bits per heavy atom. The molecule has 1 N–H and O–H groups in total. The zero-order chi connectivity index (χ0) is 16.2.